The summed E-state index contributed by atoms with van der Waals surface area (Å²) in [5, 5.41) is 14.6. The first kappa shape index (κ1) is 19.4. The van der Waals surface area contributed by atoms with E-state index in [1.54, 1.807) is 18.2 Å². The van der Waals surface area contributed by atoms with Crippen molar-refractivity contribution in [2.45, 2.75) is 32.8 Å². The Hall–Kier alpha value is -3.92. The van der Waals surface area contributed by atoms with Crippen LogP contribution in [0.15, 0.2) is 47.1 Å². The van der Waals surface area contributed by atoms with Crippen molar-refractivity contribution in [3.8, 4) is 34.7 Å². The number of hydrogen-bond acceptors (Lipinski definition) is 6. The van der Waals surface area contributed by atoms with Gasteiger partial charge in [-0.05, 0) is 56.2 Å². The lowest BCUT2D eigenvalue weighted by Gasteiger charge is -2.11. The molecule has 2 aromatic carbocycles. The van der Waals surface area contributed by atoms with E-state index in [0.717, 1.165) is 28.3 Å². The molecule has 4 rings (SSSR count). The van der Waals surface area contributed by atoms with Crippen LogP contribution in [-0.2, 0) is 11.2 Å². The van der Waals surface area contributed by atoms with Crippen LogP contribution in [0.25, 0.3) is 33.7 Å². The lowest BCUT2D eigenvalue weighted by molar-refractivity contribution is -0.107. The third kappa shape index (κ3) is 3.67. The summed E-state index contributed by atoms with van der Waals surface area (Å²) in [6, 6.07) is 13.3. The van der Waals surface area contributed by atoms with Gasteiger partial charge in [-0.2, -0.15) is 10.2 Å². The summed E-state index contributed by atoms with van der Waals surface area (Å²) >= 11 is 0. The number of hydrogen-bond donors (Lipinski definition) is 1. The quantitative estimate of drug-likeness (QED) is 0.452. The largest absolute Gasteiger partial charge is 0.490 e. The maximum atomic E-state index is 10.7. The number of carbonyl (C=O) groups is 1. The Morgan fingerprint density at radius 2 is 2.13 bits per heavy atom. The van der Waals surface area contributed by atoms with Crippen LogP contribution in [0.2, 0.25) is 0 Å². The second-order valence-corrected chi connectivity index (χ2v) is 7.16. The molecule has 150 valence electrons. The van der Waals surface area contributed by atoms with Crippen molar-refractivity contribution >= 4 is 17.2 Å². The molecule has 0 aliphatic rings. The van der Waals surface area contributed by atoms with E-state index in [4.69, 9.17) is 9.26 Å². The van der Waals surface area contributed by atoms with Crippen molar-refractivity contribution in [1.29, 1.82) is 5.26 Å². The molecule has 1 N–H and O–H groups in total. The molecule has 0 aliphatic heterocycles. The van der Waals surface area contributed by atoms with Gasteiger partial charge in [0.05, 0.1) is 17.2 Å². The highest BCUT2D eigenvalue weighted by atomic mass is 16.5. The first-order chi connectivity index (χ1) is 14.6. The van der Waals surface area contributed by atoms with Crippen molar-refractivity contribution in [2.24, 2.45) is 0 Å². The highest BCUT2D eigenvalue weighted by Gasteiger charge is 2.17. The van der Waals surface area contributed by atoms with Gasteiger partial charge >= 0.3 is 0 Å². The topological polar surface area (TPSA) is 105 Å². The highest BCUT2D eigenvalue weighted by Crippen LogP contribution is 2.31. The molecule has 0 amide bonds. The van der Waals surface area contributed by atoms with Crippen LogP contribution >= 0.6 is 0 Å². The van der Waals surface area contributed by atoms with E-state index in [1.807, 2.05) is 38.2 Å². The SMILES string of the molecule is CC(C)Oc1ccc(-c2nc(-c3ccc(CCC=O)c4cc[nH]c34)no2)cc1C#N. The number of H-pyrrole nitrogens is 1. The van der Waals surface area contributed by atoms with Crippen molar-refractivity contribution < 1.29 is 14.1 Å². The number of aromatic nitrogens is 3. The second kappa shape index (κ2) is 8.21. The molecule has 0 saturated heterocycles. The van der Waals surface area contributed by atoms with E-state index in [-0.39, 0.29) is 6.10 Å². The fourth-order valence-corrected chi connectivity index (χ4v) is 3.39. The number of aryl methyl sites for hydroxylation is 1. The number of rotatable bonds is 7. The standard InChI is InChI=1S/C23H20N4O3/c1-14(2)29-20-8-6-16(12-17(20)13-24)23-26-22(27-30-23)19-7-5-15(4-3-11-28)18-9-10-25-21(18)19/h5-12,14,25H,3-4H2,1-2H3. The Morgan fingerprint density at radius 3 is 2.90 bits per heavy atom. The van der Waals surface area contributed by atoms with Gasteiger partial charge in [-0.3, -0.25) is 0 Å². The van der Waals surface area contributed by atoms with E-state index in [9.17, 15) is 10.1 Å². The smallest absolute Gasteiger partial charge is 0.258 e. The minimum atomic E-state index is -0.0318. The molecule has 7 heteroatoms. The van der Waals surface area contributed by atoms with Crippen molar-refractivity contribution in [3.63, 3.8) is 0 Å². The van der Waals surface area contributed by atoms with E-state index < -0.39 is 0 Å². The van der Waals surface area contributed by atoms with E-state index in [0.29, 0.717) is 41.4 Å². The lowest BCUT2D eigenvalue weighted by Crippen LogP contribution is -2.06. The van der Waals surface area contributed by atoms with Gasteiger partial charge in [0, 0.05) is 29.1 Å². The van der Waals surface area contributed by atoms with Crippen molar-refractivity contribution in [1.82, 2.24) is 15.1 Å². The molecule has 0 radical (unpaired) electrons. The predicted molar refractivity (Wildman–Crippen MR) is 112 cm³/mol. The summed E-state index contributed by atoms with van der Waals surface area (Å²) in [5.41, 5.74) is 3.84. The Morgan fingerprint density at radius 1 is 1.27 bits per heavy atom. The first-order valence-electron chi connectivity index (χ1n) is 9.68. The van der Waals surface area contributed by atoms with Gasteiger partial charge in [-0.15, -0.1) is 0 Å². The summed E-state index contributed by atoms with van der Waals surface area (Å²) < 4.78 is 11.1. The molecule has 0 saturated carbocycles. The number of aldehydes is 1. The van der Waals surface area contributed by atoms with Gasteiger partial charge in [0.1, 0.15) is 18.1 Å². The number of aromatic amines is 1. The van der Waals surface area contributed by atoms with Crippen LogP contribution in [-0.4, -0.2) is 27.5 Å². The Kier molecular flexibility index (Phi) is 5.31. The molecular weight excluding hydrogens is 380 g/mol. The fraction of sp³-hybridized carbons (Fsp3) is 0.217. The summed E-state index contributed by atoms with van der Waals surface area (Å²) in [5.74, 6) is 1.29. The summed E-state index contributed by atoms with van der Waals surface area (Å²) in [7, 11) is 0. The number of benzene rings is 2. The van der Waals surface area contributed by atoms with Gasteiger partial charge in [0.15, 0.2) is 0 Å². The molecule has 0 spiro atoms. The summed E-state index contributed by atoms with van der Waals surface area (Å²) in [6.45, 7) is 3.82. The molecule has 7 nitrogen and oxygen atoms in total. The predicted octanol–water partition coefficient (Wildman–Crippen LogP) is 4.68. The Balaban J connectivity index is 1.69. The third-order valence-corrected chi connectivity index (χ3v) is 4.72. The maximum absolute atomic E-state index is 10.7. The molecular formula is C23H20N4O3. The van der Waals surface area contributed by atoms with E-state index in [2.05, 4.69) is 21.2 Å². The number of nitrogens with one attached hydrogen (secondary N) is 1. The third-order valence-electron chi connectivity index (χ3n) is 4.72. The Labute approximate surface area is 173 Å². The van der Waals surface area contributed by atoms with E-state index in [1.165, 1.54) is 0 Å². The van der Waals surface area contributed by atoms with Crippen LogP contribution < -0.4 is 4.74 Å². The zero-order valence-electron chi connectivity index (χ0n) is 16.7. The highest BCUT2D eigenvalue weighted by molar-refractivity contribution is 5.94. The van der Waals surface area contributed by atoms with Crippen molar-refractivity contribution in [2.75, 3.05) is 0 Å². The summed E-state index contributed by atoms with van der Waals surface area (Å²) in [6.07, 6.45) is 3.90. The first-order valence-corrected chi connectivity index (χ1v) is 9.68. The minimum absolute atomic E-state index is 0.0318. The van der Waals surface area contributed by atoms with E-state index >= 15 is 0 Å². The number of fused-ring (bicyclic) bond motifs is 1. The average molecular weight is 400 g/mol. The number of nitrogens with zero attached hydrogens (tertiary/aromatic N) is 3. The number of carbonyl (C=O) groups excluding carboxylic acids is 1. The number of ether oxygens (including phenoxy) is 1. The molecule has 2 heterocycles. The van der Waals surface area contributed by atoms with Gasteiger partial charge in [0.25, 0.3) is 5.89 Å². The molecule has 0 fully saturated rings. The molecule has 0 bridgehead atoms. The van der Waals surface area contributed by atoms with Crippen LogP contribution in [0.1, 0.15) is 31.4 Å². The van der Waals surface area contributed by atoms with Crippen molar-refractivity contribution in [3.05, 3.63) is 53.7 Å². The van der Waals surface area contributed by atoms with Crippen LogP contribution in [0.4, 0.5) is 0 Å². The monoisotopic (exact) mass is 400 g/mol. The summed E-state index contributed by atoms with van der Waals surface area (Å²) in [4.78, 5) is 18.5. The fourth-order valence-electron chi connectivity index (χ4n) is 3.39. The molecule has 0 aliphatic carbocycles. The molecule has 30 heavy (non-hydrogen) atoms. The Bertz CT molecular complexity index is 1250. The lowest BCUT2D eigenvalue weighted by atomic mass is 10.0. The van der Waals surface area contributed by atoms with Crippen LogP contribution in [0.3, 0.4) is 0 Å². The molecule has 4 aromatic rings. The molecule has 2 aromatic heterocycles. The maximum Gasteiger partial charge on any atom is 0.258 e. The molecule has 0 unspecified atom stereocenters. The molecule has 0 atom stereocenters. The number of nitriles is 1. The van der Waals surface area contributed by atoms with Gasteiger partial charge in [-0.1, -0.05) is 11.2 Å². The van der Waals surface area contributed by atoms with Gasteiger partial charge in [0.2, 0.25) is 5.82 Å². The zero-order chi connectivity index (χ0) is 21.1. The zero-order valence-corrected chi connectivity index (χ0v) is 16.7. The average Bonchev–Trinajstić information content (AvgIpc) is 3.42. The van der Waals surface area contributed by atoms with Crippen LogP contribution in [0, 0.1) is 11.3 Å². The van der Waals surface area contributed by atoms with Crippen LogP contribution in [0.5, 0.6) is 5.75 Å². The minimum Gasteiger partial charge on any atom is -0.490 e. The second-order valence-electron chi connectivity index (χ2n) is 7.16. The normalized spacial score (nSPS) is 11.0. The van der Waals surface area contributed by atoms with Gasteiger partial charge in [-0.25, -0.2) is 0 Å². The van der Waals surface area contributed by atoms with Gasteiger partial charge < -0.3 is 19.0 Å².